The number of likely N-dealkylation sites (tertiary alicyclic amines) is 1. The molecule has 1 saturated heterocycles. The van der Waals surface area contributed by atoms with Gasteiger partial charge in [-0.1, -0.05) is 12.1 Å². The van der Waals surface area contributed by atoms with E-state index in [-0.39, 0.29) is 17.9 Å². The van der Waals surface area contributed by atoms with Crippen molar-refractivity contribution in [2.45, 2.75) is 38.3 Å². The summed E-state index contributed by atoms with van der Waals surface area (Å²) < 4.78 is 1.13. The van der Waals surface area contributed by atoms with Crippen molar-refractivity contribution in [3.8, 4) is 0 Å². The summed E-state index contributed by atoms with van der Waals surface area (Å²) >= 11 is 1.61. The molecule has 1 aromatic carbocycles. The summed E-state index contributed by atoms with van der Waals surface area (Å²) in [6, 6.07) is 7.37. The molecule has 2 aromatic rings. The van der Waals surface area contributed by atoms with Crippen molar-refractivity contribution >= 4 is 33.4 Å². The molecule has 2 amide bonds. The van der Waals surface area contributed by atoms with E-state index in [9.17, 15) is 9.59 Å². The maximum Gasteiger partial charge on any atom is 0.242 e. The van der Waals surface area contributed by atoms with Gasteiger partial charge in [-0.25, -0.2) is 4.98 Å². The molecular formula is C17H22N4O2S. The van der Waals surface area contributed by atoms with Crippen LogP contribution in [0.4, 0.5) is 0 Å². The Morgan fingerprint density at radius 1 is 1.42 bits per heavy atom. The SMILES string of the molecule is CCNC(=O)[C@@H]1C[C@@H](N)CN1C(=O)CCc1nc2ccccc2s1. The van der Waals surface area contributed by atoms with Crippen LogP contribution < -0.4 is 11.1 Å². The van der Waals surface area contributed by atoms with Gasteiger partial charge in [-0.3, -0.25) is 9.59 Å². The van der Waals surface area contributed by atoms with Crippen LogP contribution in [0, 0.1) is 0 Å². The van der Waals surface area contributed by atoms with E-state index < -0.39 is 6.04 Å². The van der Waals surface area contributed by atoms with Crippen LogP contribution in [0.5, 0.6) is 0 Å². The molecule has 1 aromatic heterocycles. The van der Waals surface area contributed by atoms with Crippen molar-refractivity contribution in [3.05, 3.63) is 29.3 Å². The smallest absolute Gasteiger partial charge is 0.242 e. The second kappa shape index (κ2) is 7.27. The molecule has 0 radical (unpaired) electrons. The first kappa shape index (κ1) is 16.9. The van der Waals surface area contributed by atoms with Crippen molar-refractivity contribution in [1.29, 1.82) is 0 Å². The molecule has 0 bridgehead atoms. The van der Waals surface area contributed by atoms with Gasteiger partial charge in [0.15, 0.2) is 0 Å². The number of carbonyl (C=O) groups excluding carboxylic acids is 2. The molecule has 2 atom stereocenters. The van der Waals surface area contributed by atoms with Crippen LogP contribution in [0.3, 0.4) is 0 Å². The van der Waals surface area contributed by atoms with Crippen LogP contribution in [-0.4, -0.2) is 46.9 Å². The van der Waals surface area contributed by atoms with Crippen LogP contribution in [0.25, 0.3) is 10.2 Å². The number of amides is 2. The van der Waals surface area contributed by atoms with Crippen LogP contribution in [-0.2, 0) is 16.0 Å². The second-order valence-electron chi connectivity index (χ2n) is 6.03. The quantitative estimate of drug-likeness (QED) is 0.854. The molecule has 128 valence electrons. The molecule has 1 aliphatic rings. The van der Waals surface area contributed by atoms with Crippen LogP contribution in [0.15, 0.2) is 24.3 Å². The zero-order valence-corrected chi connectivity index (χ0v) is 14.5. The monoisotopic (exact) mass is 346 g/mol. The van der Waals surface area contributed by atoms with E-state index in [2.05, 4.69) is 10.3 Å². The number of carbonyl (C=O) groups is 2. The van der Waals surface area contributed by atoms with Gasteiger partial charge in [0.1, 0.15) is 6.04 Å². The van der Waals surface area contributed by atoms with E-state index in [4.69, 9.17) is 5.73 Å². The predicted octanol–water partition coefficient (Wildman–Crippen LogP) is 1.29. The van der Waals surface area contributed by atoms with E-state index in [0.717, 1.165) is 15.2 Å². The molecule has 1 aliphatic heterocycles. The lowest BCUT2D eigenvalue weighted by molar-refractivity contribution is -0.138. The third-order valence-electron chi connectivity index (χ3n) is 4.20. The number of fused-ring (bicyclic) bond motifs is 1. The number of aryl methyl sites for hydroxylation is 1. The molecule has 0 saturated carbocycles. The minimum absolute atomic E-state index is 0.0292. The predicted molar refractivity (Wildman–Crippen MR) is 94.7 cm³/mol. The van der Waals surface area contributed by atoms with Crippen molar-refractivity contribution in [3.63, 3.8) is 0 Å². The van der Waals surface area contributed by atoms with Gasteiger partial charge in [0.25, 0.3) is 0 Å². The Hall–Kier alpha value is -1.99. The summed E-state index contributed by atoms with van der Waals surface area (Å²) in [6.45, 7) is 2.87. The molecule has 1 fully saturated rings. The number of thiazole rings is 1. The summed E-state index contributed by atoms with van der Waals surface area (Å²) in [6.07, 6.45) is 1.47. The molecule has 24 heavy (non-hydrogen) atoms. The summed E-state index contributed by atoms with van der Waals surface area (Å²) in [5.74, 6) is -0.141. The number of hydrogen-bond donors (Lipinski definition) is 2. The fraction of sp³-hybridized carbons (Fsp3) is 0.471. The average molecular weight is 346 g/mol. The summed E-state index contributed by atoms with van der Waals surface area (Å²) in [5.41, 5.74) is 6.93. The highest BCUT2D eigenvalue weighted by Gasteiger charge is 2.37. The first-order valence-electron chi connectivity index (χ1n) is 8.25. The molecule has 0 unspecified atom stereocenters. The van der Waals surface area contributed by atoms with Crippen molar-refractivity contribution < 1.29 is 9.59 Å². The van der Waals surface area contributed by atoms with Gasteiger partial charge in [-0.15, -0.1) is 11.3 Å². The number of hydrogen-bond acceptors (Lipinski definition) is 5. The van der Waals surface area contributed by atoms with Crippen molar-refractivity contribution in [2.24, 2.45) is 5.73 Å². The van der Waals surface area contributed by atoms with E-state index in [1.165, 1.54) is 0 Å². The first-order valence-corrected chi connectivity index (χ1v) is 9.07. The third-order valence-corrected chi connectivity index (χ3v) is 5.29. The lowest BCUT2D eigenvalue weighted by Gasteiger charge is -2.23. The fourth-order valence-corrected chi connectivity index (χ4v) is 4.04. The van der Waals surface area contributed by atoms with Crippen LogP contribution in [0.1, 0.15) is 24.8 Å². The molecule has 0 aliphatic carbocycles. The van der Waals surface area contributed by atoms with E-state index >= 15 is 0 Å². The molecule has 7 heteroatoms. The molecule has 2 heterocycles. The van der Waals surface area contributed by atoms with Crippen LogP contribution in [0.2, 0.25) is 0 Å². The van der Waals surface area contributed by atoms with E-state index in [1.54, 1.807) is 16.2 Å². The molecule has 6 nitrogen and oxygen atoms in total. The number of benzene rings is 1. The Morgan fingerprint density at radius 3 is 2.96 bits per heavy atom. The zero-order chi connectivity index (χ0) is 17.1. The number of nitrogens with zero attached hydrogens (tertiary/aromatic N) is 2. The first-order chi connectivity index (χ1) is 11.6. The standard InChI is InChI=1S/C17H22N4O2S/c1-2-19-17(23)13-9-11(18)10-21(13)16(22)8-7-15-20-12-5-3-4-6-14(12)24-15/h3-6,11,13H,2,7-10,18H2,1H3,(H,19,23)/t11-,13+/m1/s1. The minimum Gasteiger partial charge on any atom is -0.355 e. The van der Waals surface area contributed by atoms with Crippen molar-refractivity contribution in [2.75, 3.05) is 13.1 Å². The highest BCUT2D eigenvalue weighted by Crippen LogP contribution is 2.24. The number of likely N-dealkylation sites (N-methyl/N-ethyl adjacent to an activating group) is 1. The highest BCUT2D eigenvalue weighted by atomic mass is 32.1. The lowest BCUT2D eigenvalue weighted by Crippen LogP contribution is -2.46. The highest BCUT2D eigenvalue weighted by molar-refractivity contribution is 7.18. The maximum absolute atomic E-state index is 12.6. The van der Waals surface area contributed by atoms with Crippen LogP contribution >= 0.6 is 11.3 Å². The van der Waals surface area contributed by atoms with Gasteiger partial charge >= 0.3 is 0 Å². The van der Waals surface area contributed by atoms with Gasteiger partial charge in [-0.05, 0) is 25.5 Å². The lowest BCUT2D eigenvalue weighted by atomic mass is 10.1. The van der Waals surface area contributed by atoms with Gasteiger partial charge in [0.2, 0.25) is 11.8 Å². The number of aromatic nitrogens is 1. The molecule has 0 spiro atoms. The Morgan fingerprint density at radius 2 is 2.21 bits per heavy atom. The summed E-state index contributed by atoms with van der Waals surface area (Å²) in [5, 5.41) is 3.73. The number of para-hydroxylation sites is 1. The Labute approximate surface area is 145 Å². The van der Waals surface area contributed by atoms with Gasteiger partial charge < -0.3 is 16.0 Å². The molecule has 3 N–H and O–H groups in total. The van der Waals surface area contributed by atoms with E-state index in [0.29, 0.717) is 32.4 Å². The molecule has 3 rings (SSSR count). The Kier molecular flexibility index (Phi) is 5.11. The number of rotatable bonds is 5. The van der Waals surface area contributed by atoms with Gasteiger partial charge in [0, 0.05) is 32.0 Å². The third kappa shape index (κ3) is 3.57. The van der Waals surface area contributed by atoms with Gasteiger partial charge in [0.05, 0.1) is 15.2 Å². The van der Waals surface area contributed by atoms with Crippen molar-refractivity contribution in [1.82, 2.24) is 15.2 Å². The normalized spacial score (nSPS) is 20.5. The largest absolute Gasteiger partial charge is 0.355 e. The zero-order valence-electron chi connectivity index (χ0n) is 13.7. The van der Waals surface area contributed by atoms with E-state index in [1.807, 2.05) is 31.2 Å². The fourth-order valence-electron chi connectivity index (χ4n) is 3.07. The number of nitrogens with one attached hydrogen (secondary N) is 1. The molecular weight excluding hydrogens is 324 g/mol. The maximum atomic E-state index is 12.6. The number of nitrogens with two attached hydrogens (primary N) is 1. The van der Waals surface area contributed by atoms with Gasteiger partial charge in [-0.2, -0.15) is 0 Å². The topological polar surface area (TPSA) is 88.3 Å². The Balaban J connectivity index is 1.63. The average Bonchev–Trinajstić information content (AvgIpc) is 3.15. The second-order valence-corrected chi connectivity index (χ2v) is 7.14. The summed E-state index contributed by atoms with van der Waals surface area (Å²) in [4.78, 5) is 30.9. The minimum atomic E-state index is -0.442. The Bertz CT molecular complexity index is 712. The summed E-state index contributed by atoms with van der Waals surface area (Å²) in [7, 11) is 0.